The maximum absolute atomic E-state index is 12.6. The Morgan fingerprint density at radius 3 is 2.69 bits per heavy atom. The Balaban J connectivity index is 1.72. The molecule has 1 fully saturated rings. The van der Waals surface area contributed by atoms with Gasteiger partial charge in [-0.15, -0.1) is 0 Å². The summed E-state index contributed by atoms with van der Waals surface area (Å²) in [5, 5.41) is 12.0. The molecule has 2 aromatic carbocycles. The molecule has 1 aliphatic rings. The number of nitrogens with zero attached hydrogens (tertiary/aromatic N) is 2. The first-order valence-corrected chi connectivity index (χ1v) is 9.27. The first kappa shape index (κ1) is 18.2. The zero-order chi connectivity index (χ0) is 18.4. The Labute approximate surface area is 155 Å². The Morgan fingerprint density at radius 2 is 1.92 bits per heavy atom. The summed E-state index contributed by atoms with van der Waals surface area (Å²) in [6.07, 6.45) is 6.47. The molecular formula is C22H25N3O. The van der Waals surface area contributed by atoms with Gasteiger partial charge in [-0.25, -0.2) is 0 Å². The third-order valence-corrected chi connectivity index (χ3v) is 5.14. The van der Waals surface area contributed by atoms with Crippen molar-refractivity contribution in [1.82, 2.24) is 4.90 Å². The normalized spacial score (nSPS) is 14.8. The third kappa shape index (κ3) is 4.50. The Bertz CT molecular complexity index is 803. The molecule has 4 nitrogen and oxygen atoms in total. The van der Waals surface area contributed by atoms with Crippen molar-refractivity contribution >= 4 is 11.6 Å². The van der Waals surface area contributed by atoms with Crippen molar-refractivity contribution in [3.05, 3.63) is 65.2 Å². The topological polar surface area (TPSA) is 56.1 Å². The molecule has 134 valence electrons. The van der Waals surface area contributed by atoms with Gasteiger partial charge in [0.15, 0.2) is 0 Å². The molecule has 3 rings (SSSR count). The van der Waals surface area contributed by atoms with E-state index >= 15 is 0 Å². The quantitative estimate of drug-likeness (QED) is 0.861. The average Bonchev–Trinajstić information content (AvgIpc) is 2.70. The predicted octanol–water partition coefficient (Wildman–Crippen LogP) is 4.58. The van der Waals surface area contributed by atoms with Crippen molar-refractivity contribution in [3.8, 4) is 6.07 Å². The number of benzene rings is 2. The zero-order valence-electron chi connectivity index (χ0n) is 15.2. The van der Waals surface area contributed by atoms with Crippen molar-refractivity contribution in [2.24, 2.45) is 0 Å². The largest absolute Gasteiger partial charge is 0.322 e. The molecule has 0 aromatic heterocycles. The van der Waals surface area contributed by atoms with Crippen molar-refractivity contribution in [2.75, 3.05) is 12.4 Å². The van der Waals surface area contributed by atoms with Gasteiger partial charge in [-0.2, -0.15) is 5.26 Å². The van der Waals surface area contributed by atoms with Gasteiger partial charge >= 0.3 is 0 Å². The summed E-state index contributed by atoms with van der Waals surface area (Å²) in [5.41, 5.74) is 2.94. The van der Waals surface area contributed by atoms with Crippen molar-refractivity contribution < 1.29 is 4.79 Å². The van der Waals surface area contributed by atoms with E-state index in [2.05, 4.69) is 29.4 Å². The molecule has 0 radical (unpaired) electrons. The number of rotatable bonds is 5. The van der Waals surface area contributed by atoms with Crippen LogP contribution in [0.2, 0.25) is 0 Å². The van der Waals surface area contributed by atoms with Crippen LogP contribution in [0.15, 0.2) is 48.5 Å². The number of para-hydroxylation sites is 1. The number of carbonyl (C=O) groups excluding carboxylic acids is 1. The number of nitrogens with one attached hydrogen (secondary N) is 1. The fourth-order valence-corrected chi connectivity index (χ4v) is 3.62. The standard InChI is InChI=1S/C22H25N3O/c1-25(20-11-3-2-4-12-20)16-19-9-5-6-13-21(19)24-22(26)18-10-7-8-17(14-18)15-23/h5-10,13-14,20H,2-4,11-12,16H2,1H3,(H,24,26). The third-order valence-electron chi connectivity index (χ3n) is 5.14. The fourth-order valence-electron chi connectivity index (χ4n) is 3.62. The fraction of sp³-hybridized carbons (Fsp3) is 0.364. The lowest BCUT2D eigenvalue weighted by atomic mass is 9.94. The van der Waals surface area contributed by atoms with E-state index in [0.29, 0.717) is 17.2 Å². The summed E-state index contributed by atoms with van der Waals surface area (Å²) in [7, 11) is 2.17. The highest BCUT2D eigenvalue weighted by atomic mass is 16.1. The van der Waals surface area contributed by atoms with Gasteiger partial charge in [0.25, 0.3) is 5.91 Å². The van der Waals surface area contributed by atoms with Gasteiger partial charge in [-0.1, -0.05) is 43.5 Å². The molecule has 0 bridgehead atoms. The molecule has 0 atom stereocenters. The number of carbonyl (C=O) groups is 1. The monoisotopic (exact) mass is 347 g/mol. The summed E-state index contributed by atoms with van der Waals surface area (Å²) in [6.45, 7) is 0.819. The first-order valence-electron chi connectivity index (χ1n) is 9.27. The summed E-state index contributed by atoms with van der Waals surface area (Å²) >= 11 is 0. The highest BCUT2D eigenvalue weighted by Gasteiger charge is 2.19. The van der Waals surface area contributed by atoms with E-state index in [4.69, 9.17) is 5.26 Å². The molecule has 0 unspecified atom stereocenters. The van der Waals surface area contributed by atoms with Crippen LogP contribution in [0.1, 0.15) is 53.6 Å². The molecule has 1 aliphatic carbocycles. The minimum atomic E-state index is -0.185. The summed E-state index contributed by atoms with van der Waals surface area (Å²) in [4.78, 5) is 15.0. The van der Waals surface area contributed by atoms with Crippen LogP contribution in [0.4, 0.5) is 5.69 Å². The second-order valence-electron chi connectivity index (χ2n) is 7.01. The SMILES string of the molecule is CN(Cc1ccccc1NC(=O)c1cccc(C#N)c1)C1CCCCC1. The number of hydrogen-bond acceptors (Lipinski definition) is 3. The van der Waals surface area contributed by atoms with Crippen LogP contribution >= 0.6 is 0 Å². The van der Waals surface area contributed by atoms with Gasteiger partial charge in [0.2, 0.25) is 0 Å². The maximum atomic E-state index is 12.6. The van der Waals surface area contributed by atoms with Crippen molar-refractivity contribution in [3.63, 3.8) is 0 Å². The van der Waals surface area contributed by atoms with E-state index in [-0.39, 0.29) is 5.91 Å². The maximum Gasteiger partial charge on any atom is 0.255 e. The van der Waals surface area contributed by atoms with E-state index in [1.807, 2.05) is 18.2 Å². The zero-order valence-corrected chi connectivity index (χ0v) is 15.2. The van der Waals surface area contributed by atoms with E-state index in [1.54, 1.807) is 24.3 Å². The number of hydrogen-bond donors (Lipinski definition) is 1. The van der Waals surface area contributed by atoms with Crippen LogP contribution in [-0.2, 0) is 6.54 Å². The minimum absolute atomic E-state index is 0.185. The minimum Gasteiger partial charge on any atom is -0.322 e. The lowest BCUT2D eigenvalue weighted by molar-refractivity contribution is 0.102. The molecular weight excluding hydrogens is 322 g/mol. The van der Waals surface area contributed by atoms with E-state index < -0.39 is 0 Å². The molecule has 4 heteroatoms. The van der Waals surface area contributed by atoms with Crippen LogP contribution < -0.4 is 5.32 Å². The van der Waals surface area contributed by atoms with Gasteiger partial charge in [0, 0.05) is 23.8 Å². The molecule has 0 heterocycles. The number of anilines is 1. The van der Waals surface area contributed by atoms with Crippen LogP contribution in [0, 0.1) is 11.3 Å². The van der Waals surface area contributed by atoms with Gasteiger partial charge in [-0.3, -0.25) is 9.69 Å². The molecule has 1 N–H and O–H groups in total. The molecule has 2 aromatic rings. The van der Waals surface area contributed by atoms with E-state index in [1.165, 1.54) is 32.1 Å². The average molecular weight is 347 g/mol. The van der Waals surface area contributed by atoms with Gasteiger partial charge in [0.1, 0.15) is 0 Å². The second kappa shape index (κ2) is 8.64. The van der Waals surface area contributed by atoms with Crippen LogP contribution in [-0.4, -0.2) is 23.9 Å². The summed E-state index contributed by atoms with van der Waals surface area (Å²) < 4.78 is 0. The van der Waals surface area contributed by atoms with E-state index in [9.17, 15) is 4.79 Å². The van der Waals surface area contributed by atoms with Gasteiger partial charge in [-0.05, 0) is 49.7 Å². The Kier molecular flexibility index (Phi) is 6.04. The molecule has 1 saturated carbocycles. The Hall–Kier alpha value is -2.64. The van der Waals surface area contributed by atoms with Crippen molar-refractivity contribution in [2.45, 2.75) is 44.7 Å². The van der Waals surface area contributed by atoms with Gasteiger partial charge in [0.05, 0.1) is 11.6 Å². The molecule has 1 amide bonds. The smallest absolute Gasteiger partial charge is 0.255 e. The summed E-state index contributed by atoms with van der Waals surface area (Å²) in [5.74, 6) is -0.185. The highest BCUT2D eigenvalue weighted by molar-refractivity contribution is 6.04. The molecule has 26 heavy (non-hydrogen) atoms. The van der Waals surface area contributed by atoms with Gasteiger partial charge < -0.3 is 5.32 Å². The van der Waals surface area contributed by atoms with Crippen LogP contribution in [0.3, 0.4) is 0 Å². The molecule has 0 aliphatic heterocycles. The Morgan fingerprint density at radius 1 is 1.15 bits per heavy atom. The molecule has 0 saturated heterocycles. The highest BCUT2D eigenvalue weighted by Crippen LogP contribution is 2.25. The molecule has 0 spiro atoms. The van der Waals surface area contributed by atoms with Crippen LogP contribution in [0.5, 0.6) is 0 Å². The number of nitriles is 1. The van der Waals surface area contributed by atoms with E-state index in [0.717, 1.165) is 17.8 Å². The predicted molar refractivity (Wildman–Crippen MR) is 104 cm³/mol. The first-order chi connectivity index (χ1) is 12.7. The lowest BCUT2D eigenvalue weighted by Crippen LogP contribution is -2.33. The lowest BCUT2D eigenvalue weighted by Gasteiger charge is -2.31. The van der Waals surface area contributed by atoms with Crippen molar-refractivity contribution in [1.29, 1.82) is 5.26 Å². The number of amides is 1. The second-order valence-corrected chi connectivity index (χ2v) is 7.01. The van der Waals surface area contributed by atoms with Crippen LogP contribution in [0.25, 0.3) is 0 Å². The summed E-state index contributed by atoms with van der Waals surface area (Å²) in [6, 6.07) is 17.4.